The van der Waals surface area contributed by atoms with Crippen LogP contribution in [0.15, 0.2) is 109 Å². The zero-order valence-electron chi connectivity index (χ0n) is 22.1. The Balaban J connectivity index is 1.49. The van der Waals surface area contributed by atoms with Crippen LogP contribution in [-0.4, -0.2) is 30.0 Å². The highest BCUT2D eigenvalue weighted by Crippen LogP contribution is 2.20. The molecule has 4 aromatic carbocycles. The van der Waals surface area contributed by atoms with E-state index in [4.69, 9.17) is 16.3 Å². The van der Waals surface area contributed by atoms with Crippen LogP contribution in [-0.2, 0) is 22.6 Å². The molecule has 2 N–H and O–H groups in total. The summed E-state index contributed by atoms with van der Waals surface area (Å²) < 4.78 is 5.86. The van der Waals surface area contributed by atoms with Crippen molar-refractivity contribution in [3.8, 4) is 17.2 Å². The number of amides is 2. The van der Waals surface area contributed by atoms with Gasteiger partial charge in [-0.05, 0) is 53.4 Å². The molecule has 4 aromatic rings. The summed E-state index contributed by atoms with van der Waals surface area (Å²) in [5.41, 5.74) is 4.01. The Morgan fingerprint density at radius 3 is 2.17 bits per heavy atom. The number of carbonyl (C=O) groups is 2. The molecule has 0 unspecified atom stereocenters. The van der Waals surface area contributed by atoms with Crippen LogP contribution in [0, 0.1) is 11.3 Å². The number of benzene rings is 4. The summed E-state index contributed by atoms with van der Waals surface area (Å²) in [6.45, 7) is 2.03. The van der Waals surface area contributed by atoms with Crippen molar-refractivity contribution in [1.82, 2.24) is 10.6 Å². The SMILES string of the molecule is C[C@@H](OCc1ccccc1)[C@@H](C#N)NC(=O)[C@H](Cc1cccc(Cl)c1)NC(=O)c1cccc(-c2ccccc2)c1. The van der Waals surface area contributed by atoms with Crippen molar-refractivity contribution >= 4 is 23.4 Å². The van der Waals surface area contributed by atoms with Crippen molar-refractivity contribution in [2.24, 2.45) is 0 Å². The topological polar surface area (TPSA) is 91.2 Å². The van der Waals surface area contributed by atoms with Crippen molar-refractivity contribution < 1.29 is 14.3 Å². The van der Waals surface area contributed by atoms with Crippen molar-refractivity contribution in [3.05, 3.63) is 131 Å². The van der Waals surface area contributed by atoms with Gasteiger partial charge >= 0.3 is 0 Å². The molecule has 0 bridgehead atoms. The quantitative estimate of drug-likeness (QED) is 0.240. The Hall–Kier alpha value is -4.44. The fourth-order valence-electron chi connectivity index (χ4n) is 4.23. The predicted molar refractivity (Wildman–Crippen MR) is 157 cm³/mol. The molecule has 0 saturated heterocycles. The number of ether oxygens (including phenoxy) is 1. The van der Waals surface area contributed by atoms with Gasteiger partial charge in [-0.1, -0.05) is 96.5 Å². The molecule has 3 atom stereocenters. The van der Waals surface area contributed by atoms with E-state index in [2.05, 4.69) is 16.7 Å². The average Bonchev–Trinajstić information content (AvgIpc) is 2.99. The molecule has 0 aliphatic carbocycles. The Bertz CT molecular complexity index is 1470. The van der Waals surface area contributed by atoms with Gasteiger partial charge < -0.3 is 15.4 Å². The summed E-state index contributed by atoms with van der Waals surface area (Å²) in [5.74, 6) is -0.893. The van der Waals surface area contributed by atoms with Crippen LogP contribution < -0.4 is 10.6 Å². The number of hydrogen-bond acceptors (Lipinski definition) is 4. The first-order chi connectivity index (χ1) is 19.4. The first-order valence-corrected chi connectivity index (χ1v) is 13.4. The molecule has 0 aliphatic heterocycles. The van der Waals surface area contributed by atoms with Crippen LogP contribution in [0.3, 0.4) is 0 Å². The van der Waals surface area contributed by atoms with Gasteiger partial charge in [-0.25, -0.2) is 0 Å². The molecular formula is C33H30ClN3O3. The molecule has 0 heterocycles. The lowest BCUT2D eigenvalue weighted by Gasteiger charge is -2.24. The largest absolute Gasteiger partial charge is 0.371 e. The van der Waals surface area contributed by atoms with E-state index in [9.17, 15) is 14.9 Å². The highest BCUT2D eigenvalue weighted by Gasteiger charge is 2.27. The van der Waals surface area contributed by atoms with Gasteiger partial charge in [0.25, 0.3) is 5.91 Å². The van der Waals surface area contributed by atoms with E-state index in [1.165, 1.54) is 0 Å². The smallest absolute Gasteiger partial charge is 0.251 e. The van der Waals surface area contributed by atoms with Gasteiger partial charge in [-0.3, -0.25) is 9.59 Å². The number of nitrogens with zero attached hydrogens (tertiary/aromatic N) is 1. The minimum absolute atomic E-state index is 0.188. The third-order valence-electron chi connectivity index (χ3n) is 6.44. The normalized spacial score (nSPS) is 12.9. The zero-order chi connectivity index (χ0) is 28.3. The molecule has 40 heavy (non-hydrogen) atoms. The molecule has 0 fully saturated rings. The summed E-state index contributed by atoms with van der Waals surface area (Å²) in [6, 6.07) is 33.9. The second-order valence-corrected chi connectivity index (χ2v) is 9.86. The minimum atomic E-state index is -0.955. The van der Waals surface area contributed by atoms with Crippen LogP contribution in [0.1, 0.15) is 28.4 Å². The van der Waals surface area contributed by atoms with Gasteiger partial charge in [0.15, 0.2) is 0 Å². The van der Waals surface area contributed by atoms with E-state index in [0.717, 1.165) is 22.3 Å². The number of nitrogens with one attached hydrogen (secondary N) is 2. The summed E-state index contributed by atoms with van der Waals surface area (Å²) in [5, 5.41) is 15.9. The van der Waals surface area contributed by atoms with Crippen LogP contribution in [0.2, 0.25) is 5.02 Å². The number of halogens is 1. The van der Waals surface area contributed by atoms with Crippen LogP contribution >= 0.6 is 11.6 Å². The zero-order valence-corrected chi connectivity index (χ0v) is 22.8. The van der Waals surface area contributed by atoms with Gasteiger partial charge in [0.1, 0.15) is 12.1 Å². The number of carbonyl (C=O) groups excluding carboxylic acids is 2. The number of hydrogen-bond donors (Lipinski definition) is 2. The van der Waals surface area contributed by atoms with Gasteiger partial charge in [0, 0.05) is 17.0 Å². The van der Waals surface area contributed by atoms with E-state index < -0.39 is 30.0 Å². The predicted octanol–water partition coefficient (Wildman–Crippen LogP) is 5.96. The van der Waals surface area contributed by atoms with Crippen molar-refractivity contribution in [2.45, 2.75) is 38.1 Å². The lowest BCUT2D eigenvalue weighted by Crippen LogP contribution is -2.52. The van der Waals surface area contributed by atoms with E-state index in [-0.39, 0.29) is 6.42 Å². The first-order valence-electron chi connectivity index (χ1n) is 13.0. The minimum Gasteiger partial charge on any atom is -0.371 e. The molecule has 0 radical (unpaired) electrons. The monoisotopic (exact) mass is 551 g/mol. The fourth-order valence-corrected chi connectivity index (χ4v) is 4.44. The molecule has 202 valence electrons. The summed E-state index contributed by atoms with van der Waals surface area (Å²) in [4.78, 5) is 26.8. The molecular weight excluding hydrogens is 522 g/mol. The van der Waals surface area contributed by atoms with E-state index in [1.807, 2.05) is 72.8 Å². The first kappa shape index (κ1) is 28.6. The summed E-state index contributed by atoms with van der Waals surface area (Å²) >= 11 is 6.17. The Morgan fingerprint density at radius 1 is 0.825 bits per heavy atom. The van der Waals surface area contributed by atoms with Crippen LogP contribution in [0.4, 0.5) is 0 Å². The highest BCUT2D eigenvalue weighted by atomic mass is 35.5. The Kier molecular flexibility index (Phi) is 10.1. The van der Waals surface area contributed by atoms with Gasteiger partial charge in [-0.2, -0.15) is 5.26 Å². The molecule has 0 spiro atoms. The van der Waals surface area contributed by atoms with E-state index in [0.29, 0.717) is 17.2 Å². The van der Waals surface area contributed by atoms with Gasteiger partial charge in [-0.15, -0.1) is 0 Å². The molecule has 0 aromatic heterocycles. The fraction of sp³-hybridized carbons (Fsp3) is 0.182. The van der Waals surface area contributed by atoms with Crippen LogP contribution in [0.25, 0.3) is 11.1 Å². The summed E-state index contributed by atoms with van der Waals surface area (Å²) in [6.07, 6.45) is -0.396. The maximum atomic E-state index is 13.5. The second kappa shape index (κ2) is 14.1. The standard InChI is InChI=1S/C33H30ClN3O3/c1-23(40-22-24-10-4-2-5-11-24)31(21-35)37-33(39)30(19-25-12-8-17-29(34)18-25)36-32(38)28-16-9-15-27(20-28)26-13-6-3-7-14-26/h2-18,20,23,30-31H,19,22H2,1H3,(H,36,38)(H,37,39)/t23-,30+,31-/m1/s1. The average molecular weight is 552 g/mol. The van der Waals surface area contributed by atoms with Crippen molar-refractivity contribution in [2.75, 3.05) is 0 Å². The highest BCUT2D eigenvalue weighted by molar-refractivity contribution is 6.30. The molecule has 7 heteroatoms. The number of rotatable bonds is 11. The Labute approximate surface area is 239 Å². The Morgan fingerprint density at radius 2 is 1.48 bits per heavy atom. The van der Waals surface area contributed by atoms with Crippen molar-refractivity contribution in [1.29, 1.82) is 5.26 Å². The molecule has 2 amide bonds. The molecule has 6 nitrogen and oxygen atoms in total. The van der Waals surface area contributed by atoms with E-state index >= 15 is 0 Å². The molecule has 0 saturated carbocycles. The lowest BCUT2D eigenvalue weighted by atomic mass is 10.0. The lowest BCUT2D eigenvalue weighted by molar-refractivity contribution is -0.124. The third-order valence-corrected chi connectivity index (χ3v) is 6.68. The van der Waals surface area contributed by atoms with Crippen LogP contribution in [0.5, 0.6) is 0 Å². The maximum Gasteiger partial charge on any atom is 0.251 e. The molecule has 4 rings (SSSR count). The third kappa shape index (κ3) is 8.03. The van der Waals surface area contributed by atoms with Gasteiger partial charge in [0.2, 0.25) is 5.91 Å². The van der Waals surface area contributed by atoms with E-state index in [1.54, 1.807) is 43.3 Å². The molecule has 0 aliphatic rings. The number of nitriles is 1. The summed E-state index contributed by atoms with van der Waals surface area (Å²) in [7, 11) is 0. The second-order valence-electron chi connectivity index (χ2n) is 9.42. The van der Waals surface area contributed by atoms with Crippen molar-refractivity contribution in [3.63, 3.8) is 0 Å². The van der Waals surface area contributed by atoms with Gasteiger partial charge in [0.05, 0.1) is 18.8 Å². The maximum absolute atomic E-state index is 13.5.